The van der Waals surface area contributed by atoms with Crippen LogP contribution in [0.3, 0.4) is 0 Å². The van der Waals surface area contributed by atoms with Crippen LogP contribution in [-0.2, 0) is 4.79 Å². The van der Waals surface area contributed by atoms with Gasteiger partial charge in [0, 0.05) is 17.4 Å². The highest BCUT2D eigenvalue weighted by molar-refractivity contribution is 14.1. The number of hydrogen-bond donors (Lipinski definition) is 1. The normalized spacial score (nSPS) is 9.64. The van der Waals surface area contributed by atoms with E-state index < -0.39 is 0 Å². The van der Waals surface area contributed by atoms with Crippen LogP contribution in [0.5, 0.6) is 0 Å². The smallest absolute Gasteiger partial charge is 0.222 e. The van der Waals surface area contributed by atoms with Gasteiger partial charge in [0.05, 0.1) is 0 Å². The number of amides is 1. The molecule has 5 heteroatoms. The van der Waals surface area contributed by atoms with E-state index in [-0.39, 0.29) is 11.7 Å². The van der Waals surface area contributed by atoms with Crippen molar-refractivity contribution >= 4 is 40.1 Å². The largest absolute Gasteiger partial charge is 0.311 e. The number of hydrogen-bond acceptors (Lipinski definition) is 3. The highest BCUT2D eigenvalue weighted by Gasteiger charge is 2.05. The minimum absolute atomic E-state index is 0.116. The molecule has 4 nitrogen and oxygen atoms in total. The van der Waals surface area contributed by atoms with Crippen molar-refractivity contribution in [2.45, 2.75) is 13.8 Å². The average molecular weight is 304 g/mol. The van der Waals surface area contributed by atoms with Crippen molar-refractivity contribution in [1.29, 1.82) is 0 Å². The number of nitrogens with zero attached hydrogens (tertiary/aromatic N) is 1. The monoisotopic (exact) mass is 304 g/mol. The van der Waals surface area contributed by atoms with Crippen molar-refractivity contribution in [2.75, 3.05) is 5.32 Å². The third-order valence-electron chi connectivity index (χ3n) is 1.45. The molecule has 1 aromatic heterocycles. The van der Waals surface area contributed by atoms with Crippen LogP contribution in [-0.4, -0.2) is 16.7 Å². The number of ketones is 1. The summed E-state index contributed by atoms with van der Waals surface area (Å²) in [7, 11) is 0. The van der Waals surface area contributed by atoms with Gasteiger partial charge in [-0.3, -0.25) is 9.59 Å². The number of aromatic nitrogens is 1. The number of halogens is 1. The van der Waals surface area contributed by atoms with Gasteiger partial charge in [0.25, 0.3) is 0 Å². The molecular weight excluding hydrogens is 295 g/mol. The number of carbonyl (C=O) groups excluding carboxylic acids is 2. The fourth-order valence-electron chi connectivity index (χ4n) is 0.922. The lowest BCUT2D eigenvalue weighted by molar-refractivity contribution is -0.114. The first-order chi connectivity index (χ1) is 6.49. The van der Waals surface area contributed by atoms with Gasteiger partial charge in [-0.05, 0) is 34.7 Å². The lowest BCUT2D eigenvalue weighted by atomic mass is 10.3. The lowest BCUT2D eigenvalue weighted by Crippen LogP contribution is -2.09. The second-order valence-corrected chi connectivity index (χ2v) is 4.04. The molecule has 14 heavy (non-hydrogen) atoms. The fraction of sp³-hybridized carbons (Fsp3) is 0.222. The summed E-state index contributed by atoms with van der Waals surface area (Å²) in [4.78, 5) is 25.8. The Labute approximate surface area is 95.2 Å². The Morgan fingerprint density at radius 3 is 2.50 bits per heavy atom. The summed E-state index contributed by atoms with van der Waals surface area (Å²) in [6.45, 7) is 2.84. The Morgan fingerprint density at radius 1 is 1.36 bits per heavy atom. The predicted octanol–water partition coefficient (Wildman–Crippen LogP) is 1.85. The minimum atomic E-state index is -0.200. The molecule has 0 aliphatic rings. The second kappa shape index (κ2) is 4.50. The van der Waals surface area contributed by atoms with Crippen molar-refractivity contribution < 1.29 is 9.59 Å². The minimum Gasteiger partial charge on any atom is -0.311 e. The maximum Gasteiger partial charge on any atom is 0.222 e. The van der Waals surface area contributed by atoms with Gasteiger partial charge in [-0.2, -0.15) is 0 Å². The molecule has 0 aliphatic heterocycles. The van der Waals surface area contributed by atoms with Gasteiger partial charge < -0.3 is 5.32 Å². The maximum atomic E-state index is 11.1. The highest BCUT2D eigenvalue weighted by atomic mass is 127. The summed E-state index contributed by atoms with van der Waals surface area (Å²) in [5.41, 5.74) is 0.362. The van der Waals surface area contributed by atoms with Crippen LogP contribution < -0.4 is 5.32 Å². The van der Waals surface area contributed by atoms with E-state index in [4.69, 9.17) is 0 Å². The molecule has 0 fully saturated rings. The van der Waals surface area contributed by atoms with E-state index in [1.54, 1.807) is 12.1 Å². The van der Waals surface area contributed by atoms with Gasteiger partial charge in [0.15, 0.2) is 5.78 Å². The SMILES string of the molecule is CC(=O)Nc1cc(I)cc(C(C)=O)n1. The summed E-state index contributed by atoms with van der Waals surface area (Å²) in [5, 5.41) is 2.53. The third-order valence-corrected chi connectivity index (χ3v) is 2.08. The standard InChI is InChI=1S/C9H9IN2O2/c1-5(13)8-3-7(10)4-9(12-8)11-6(2)14/h3-4H,1-2H3,(H,11,12,14). The van der Waals surface area contributed by atoms with Crippen LogP contribution in [0.2, 0.25) is 0 Å². The van der Waals surface area contributed by atoms with Crippen LogP contribution in [0.25, 0.3) is 0 Å². The van der Waals surface area contributed by atoms with Crippen molar-refractivity contribution in [3.05, 3.63) is 21.4 Å². The molecule has 0 saturated carbocycles. The first kappa shape index (κ1) is 11.1. The van der Waals surface area contributed by atoms with E-state index in [1.807, 2.05) is 0 Å². The Hall–Kier alpha value is -0.980. The topological polar surface area (TPSA) is 59.1 Å². The highest BCUT2D eigenvalue weighted by Crippen LogP contribution is 2.13. The first-order valence-corrected chi connectivity index (χ1v) is 5.03. The molecule has 1 heterocycles. The van der Waals surface area contributed by atoms with E-state index in [0.29, 0.717) is 11.5 Å². The Balaban J connectivity index is 3.07. The van der Waals surface area contributed by atoms with Gasteiger partial charge in [-0.15, -0.1) is 0 Å². The number of carbonyl (C=O) groups is 2. The predicted molar refractivity (Wildman–Crippen MR) is 61.3 cm³/mol. The van der Waals surface area contributed by atoms with Crippen LogP contribution in [0.1, 0.15) is 24.3 Å². The fourth-order valence-corrected chi connectivity index (χ4v) is 1.51. The van der Waals surface area contributed by atoms with Gasteiger partial charge in [0.2, 0.25) is 5.91 Å². The molecule has 1 amide bonds. The number of Topliss-reactive ketones (excluding diaryl/α,β-unsaturated/α-hetero) is 1. The van der Waals surface area contributed by atoms with Crippen LogP contribution in [0.15, 0.2) is 12.1 Å². The number of anilines is 1. The van der Waals surface area contributed by atoms with Crippen molar-refractivity contribution in [3.63, 3.8) is 0 Å². The molecular formula is C9H9IN2O2. The summed E-state index contributed by atoms with van der Waals surface area (Å²) >= 11 is 2.07. The van der Waals surface area contributed by atoms with Crippen LogP contribution in [0, 0.1) is 3.57 Å². The van der Waals surface area contributed by atoms with E-state index in [9.17, 15) is 9.59 Å². The van der Waals surface area contributed by atoms with Gasteiger partial charge in [0.1, 0.15) is 11.5 Å². The molecule has 0 unspecified atom stereocenters. The summed E-state index contributed by atoms with van der Waals surface area (Å²) in [6, 6.07) is 3.38. The van der Waals surface area contributed by atoms with Gasteiger partial charge in [-0.1, -0.05) is 0 Å². The summed E-state index contributed by atoms with van der Waals surface area (Å²) in [5.74, 6) is 0.0960. The Kier molecular flexibility index (Phi) is 3.56. The molecule has 0 aliphatic carbocycles. The quantitative estimate of drug-likeness (QED) is 0.670. The molecule has 0 spiro atoms. The van der Waals surface area contributed by atoms with E-state index in [1.165, 1.54) is 13.8 Å². The Bertz CT molecular complexity index is 390. The molecule has 1 N–H and O–H groups in total. The van der Waals surface area contributed by atoms with Gasteiger partial charge in [-0.25, -0.2) is 4.98 Å². The zero-order valence-electron chi connectivity index (χ0n) is 7.80. The molecule has 0 radical (unpaired) electrons. The zero-order chi connectivity index (χ0) is 10.7. The Morgan fingerprint density at radius 2 is 2.00 bits per heavy atom. The second-order valence-electron chi connectivity index (χ2n) is 2.79. The third kappa shape index (κ3) is 3.06. The van der Waals surface area contributed by atoms with E-state index in [0.717, 1.165) is 3.57 Å². The first-order valence-electron chi connectivity index (χ1n) is 3.95. The molecule has 0 saturated heterocycles. The molecule has 0 bridgehead atoms. The number of pyridine rings is 1. The number of nitrogens with one attached hydrogen (secondary N) is 1. The summed E-state index contributed by atoms with van der Waals surface area (Å²) < 4.78 is 0.867. The van der Waals surface area contributed by atoms with Gasteiger partial charge >= 0.3 is 0 Å². The summed E-state index contributed by atoms with van der Waals surface area (Å²) in [6.07, 6.45) is 0. The lowest BCUT2D eigenvalue weighted by Gasteiger charge is -2.03. The van der Waals surface area contributed by atoms with Crippen LogP contribution >= 0.6 is 22.6 Å². The maximum absolute atomic E-state index is 11.1. The number of rotatable bonds is 2. The zero-order valence-corrected chi connectivity index (χ0v) is 9.95. The molecule has 0 aromatic carbocycles. The van der Waals surface area contributed by atoms with E-state index in [2.05, 4.69) is 32.9 Å². The van der Waals surface area contributed by atoms with E-state index >= 15 is 0 Å². The molecule has 1 rings (SSSR count). The van der Waals surface area contributed by atoms with Crippen molar-refractivity contribution in [3.8, 4) is 0 Å². The molecule has 1 aromatic rings. The van der Waals surface area contributed by atoms with Crippen molar-refractivity contribution in [1.82, 2.24) is 4.98 Å². The van der Waals surface area contributed by atoms with Crippen LogP contribution in [0.4, 0.5) is 5.82 Å². The molecule has 0 atom stereocenters. The van der Waals surface area contributed by atoms with Crippen molar-refractivity contribution in [2.24, 2.45) is 0 Å². The average Bonchev–Trinajstić information content (AvgIpc) is 2.01. The molecule has 74 valence electrons.